The maximum absolute atomic E-state index is 13.0. The maximum atomic E-state index is 13.0. The molecule has 0 radical (unpaired) electrons. The maximum Gasteiger partial charge on any atom is 0.252 e. The Kier molecular flexibility index (Phi) is 4.85. The van der Waals surface area contributed by atoms with E-state index in [0.29, 0.717) is 19.0 Å². The van der Waals surface area contributed by atoms with E-state index in [0.717, 1.165) is 47.8 Å². The highest BCUT2D eigenvalue weighted by Crippen LogP contribution is 2.40. The van der Waals surface area contributed by atoms with Crippen LogP contribution in [-0.2, 0) is 4.79 Å². The molecule has 5 nitrogen and oxygen atoms in total. The number of rotatable bonds is 4. The summed E-state index contributed by atoms with van der Waals surface area (Å²) in [4.78, 5) is 31.8. The summed E-state index contributed by atoms with van der Waals surface area (Å²) >= 11 is 0. The molecule has 2 fully saturated rings. The molecule has 2 amide bonds. The van der Waals surface area contributed by atoms with Gasteiger partial charge in [0.05, 0.1) is 11.1 Å². The minimum atomic E-state index is -0.0239. The van der Waals surface area contributed by atoms with Crippen LogP contribution in [0, 0.1) is 5.92 Å². The SMILES string of the molecule is CC(C)C(=O)N1CCC(NC(=O)c2cc(C3CC3)nc3ccccc23)CC1. The number of hydrogen-bond donors (Lipinski definition) is 1. The van der Waals surface area contributed by atoms with Gasteiger partial charge in [0.2, 0.25) is 5.91 Å². The van der Waals surface area contributed by atoms with E-state index in [4.69, 9.17) is 4.98 Å². The summed E-state index contributed by atoms with van der Waals surface area (Å²) in [6, 6.07) is 9.96. The second-order valence-corrected chi connectivity index (χ2v) is 8.11. The fourth-order valence-electron chi connectivity index (χ4n) is 3.84. The van der Waals surface area contributed by atoms with Crippen molar-refractivity contribution in [1.82, 2.24) is 15.2 Å². The molecule has 5 heteroatoms. The number of benzene rings is 1. The number of para-hydroxylation sites is 1. The van der Waals surface area contributed by atoms with Gasteiger partial charge in [-0.1, -0.05) is 32.0 Å². The molecule has 1 aliphatic heterocycles. The van der Waals surface area contributed by atoms with Gasteiger partial charge in [-0.3, -0.25) is 14.6 Å². The molecule has 2 heterocycles. The van der Waals surface area contributed by atoms with Crippen molar-refractivity contribution in [2.75, 3.05) is 13.1 Å². The Bertz CT molecular complexity index is 865. The van der Waals surface area contributed by atoms with Crippen molar-refractivity contribution in [2.45, 2.75) is 51.5 Å². The monoisotopic (exact) mass is 365 g/mol. The highest BCUT2D eigenvalue weighted by atomic mass is 16.2. The lowest BCUT2D eigenvalue weighted by atomic mass is 10.0. The molecule has 4 rings (SSSR count). The smallest absolute Gasteiger partial charge is 0.252 e. The second-order valence-electron chi connectivity index (χ2n) is 8.11. The predicted molar refractivity (Wildman–Crippen MR) is 106 cm³/mol. The molecule has 2 aromatic rings. The number of nitrogens with one attached hydrogen (secondary N) is 1. The first kappa shape index (κ1) is 18.0. The number of aromatic nitrogens is 1. The van der Waals surface area contributed by atoms with Crippen LogP contribution in [0.1, 0.15) is 61.5 Å². The predicted octanol–water partition coefficient (Wildman–Crippen LogP) is 3.49. The van der Waals surface area contributed by atoms with E-state index < -0.39 is 0 Å². The molecule has 1 N–H and O–H groups in total. The molecule has 1 saturated carbocycles. The molecule has 1 aromatic heterocycles. The van der Waals surface area contributed by atoms with E-state index in [2.05, 4.69) is 5.32 Å². The first-order valence-corrected chi connectivity index (χ1v) is 10.0. The summed E-state index contributed by atoms with van der Waals surface area (Å²) in [6.45, 7) is 5.29. The average molecular weight is 365 g/mol. The van der Waals surface area contributed by atoms with E-state index in [1.165, 1.54) is 0 Å². The first-order chi connectivity index (χ1) is 13.0. The van der Waals surface area contributed by atoms with E-state index in [1.807, 2.05) is 49.1 Å². The van der Waals surface area contributed by atoms with Crippen LogP contribution in [0.15, 0.2) is 30.3 Å². The van der Waals surface area contributed by atoms with Crippen LogP contribution in [0.4, 0.5) is 0 Å². The van der Waals surface area contributed by atoms with Crippen LogP contribution < -0.4 is 5.32 Å². The number of amides is 2. The Morgan fingerprint density at radius 3 is 2.48 bits per heavy atom. The van der Waals surface area contributed by atoms with Gasteiger partial charge in [0.1, 0.15) is 0 Å². The van der Waals surface area contributed by atoms with Crippen molar-refractivity contribution in [2.24, 2.45) is 5.92 Å². The summed E-state index contributed by atoms with van der Waals surface area (Å²) in [5, 5.41) is 4.11. The molecular formula is C22H27N3O2. The number of pyridine rings is 1. The third kappa shape index (κ3) is 3.82. The lowest BCUT2D eigenvalue weighted by Gasteiger charge is -2.33. The summed E-state index contributed by atoms with van der Waals surface area (Å²) in [5.41, 5.74) is 2.66. The summed E-state index contributed by atoms with van der Waals surface area (Å²) in [7, 11) is 0. The van der Waals surface area contributed by atoms with Crippen molar-refractivity contribution in [3.63, 3.8) is 0 Å². The average Bonchev–Trinajstić information content (AvgIpc) is 3.52. The molecule has 0 bridgehead atoms. The van der Waals surface area contributed by atoms with Gasteiger partial charge in [-0.05, 0) is 37.8 Å². The van der Waals surface area contributed by atoms with Gasteiger partial charge in [0.15, 0.2) is 0 Å². The van der Waals surface area contributed by atoms with Crippen LogP contribution in [0.2, 0.25) is 0 Å². The van der Waals surface area contributed by atoms with Crippen LogP contribution in [0.25, 0.3) is 10.9 Å². The second kappa shape index (κ2) is 7.29. The highest BCUT2D eigenvalue weighted by Gasteiger charge is 2.28. The third-order valence-corrected chi connectivity index (χ3v) is 5.61. The van der Waals surface area contributed by atoms with Crippen molar-refractivity contribution in [3.05, 3.63) is 41.6 Å². The van der Waals surface area contributed by atoms with E-state index in [-0.39, 0.29) is 23.8 Å². The van der Waals surface area contributed by atoms with Gasteiger partial charge < -0.3 is 10.2 Å². The van der Waals surface area contributed by atoms with Crippen molar-refractivity contribution < 1.29 is 9.59 Å². The zero-order valence-electron chi connectivity index (χ0n) is 16.1. The highest BCUT2D eigenvalue weighted by molar-refractivity contribution is 6.06. The largest absolute Gasteiger partial charge is 0.349 e. The normalized spacial score (nSPS) is 18.1. The Labute approximate surface area is 160 Å². The molecule has 1 aliphatic carbocycles. The number of fused-ring (bicyclic) bond motifs is 1. The minimum Gasteiger partial charge on any atom is -0.349 e. The Morgan fingerprint density at radius 1 is 1.11 bits per heavy atom. The fraction of sp³-hybridized carbons (Fsp3) is 0.500. The van der Waals surface area contributed by atoms with Crippen molar-refractivity contribution >= 4 is 22.7 Å². The number of hydrogen-bond acceptors (Lipinski definition) is 3. The quantitative estimate of drug-likeness (QED) is 0.902. The molecule has 1 saturated heterocycles. The van der Waals surface area contributed by atoms with Crippen molar-refractivity contribution in [3.8, 4) is 0 Å². The molecular weight excluding hydrogens is 338 g/mol. The molecule has 2 aliphatic rings. The molecule has 0 unspecified atom stereocenters. The molecule has 27 heavy (non-hydrogen) atoms. The topological polar surface area (TPSA) is 62.3 Å². The number of piperidine rings is 1. The Morgan fingerprint density at radius 2 is 1.81 bits per heavy atom. The summed E-state index contributed by atoms with van der Waals surface area (Å²) in [5.74, 6) is 0.713. The van der Waals surface area contributed by atoms with Gasteiger partial charge in [-0.15, -0.1) is 0 Å². The molecule has 0 spiro atoms. The third-order valence-electron chi connectivity index (χ3n) is 5.61. The van der Waals surface area contributed by atoms with Crippen LogP contribution >= 0.6 is 0 Å². The van der Waals surface area contributed by atoms with Gasteiger partial charge >= 0.3 is 0 Å². The standard InChI is InChI=1S/C22H27N3O2/c1-14(2)22(27)25-11-9-16(10-12-25)23-21(26)18-13-20(15-7-8-15)24-19-6-4-3-5-17(18)19/h3-6,13-16H,7-12H2,1-2H3,(H,23,26). The molecule has 1 aromatic carbocycles. The fourth-order valence-corrected chi connectivity index (χ4v) is 3.84. The minimum absolute atomic E-state index is 0.0239. The summed E-state index contributed by atoms with van der Waals surface area (Å²) < 4.78 is 0. The lowest BCUT2D eigenvalue weighted by Crippen LogP contribution is -2.47. The Hall–Kier alpha value is -2.43. The summed E-state index contributed by atoms with van der Waals surface area (Å²) in [6.07, 6.45) is 3.94. The van der Waals surface area contributed by atoms with E-state index in [1.54, 1.807) is 0 Å². The number of likely N-dealkylation sites (tertiary alicyclic amines) is 1. The van der Waals surface area contributed by atoms with Gasteiger partial charge in [0.25, 0.3) is 5.91 Å². The van der Waals surface area contributed by atoms with Crippen molar-refractivity contribution in [1.29, 1.82) is 0 Å². The van der Waals surface area contributed by atoms with Crippen LogP contribution in [-0.4, -0.2) is 40.8 Å². The number of carbonyl (C=O) groups excluding carboxylic acids is 2. The molecule has 0 atom stereocenters. The van der Waals surface area contributed by atoms with Gasteiger partial charge in [0, 0.05) is 42.0 Å². The lowest BCUT2D eigenvalue weighted by molar-refractivity contribution is -0.135. The van der Waals surface area contributed by atoms with E-state index in [9.17, 15) is 9.59 Å². The molecule has 142 valence electrons. The van der Waals surface area contributed by atoms with E-state index >= 15 is 0 Å². The van der Waals surface area contributed by atoms with Crippen LogP contribution in [0.5, 0.6) is 0 Å². The van der Waals surface area contributed by atoms with Gasteiger partial charge in [-0.25, -0.2) is 0 Å². The Balaban J connectivity index is 1.48. The first-order valence-electron chi connectivity index (χ1n) is 10.0. The number of carbonyl (C=O) groups is 2. The zero-order valence-corrected chi connectivity index (χ0v) is 16.1. The van der Waals surface area contributed by atoms with Crippen LogP contribution in [0.3, 0.4) is 0 Å². The van der Waals surface area contributed by atoms with Gasteiger partial charge in [-0.2, -0.15) is 0 Å². The number of nitrogens with zero attached hydrogens (tertiary/aromatic N) is 2. The zero-order chi connectivity index (χ0) is 19.0.